The molecular formula is C31H25F3N2O5S. The first-order chi connectivity index (χ1) is 20.2. The number of benzene rings is 3. The van der Waals surface area contributed by atoms with Crippen molar-refractivity contribution in [3.8, 4) is 11.5 Å². The zero-order valence-electron chi connectivity index (χ0n) is 22.8. The number of rotatable bonds is 8. The van der Waals surface area contributed by atoms with Crippen LogP contribution in [0.2, 0.25) is 0 Å². The van der Waals surface area contributed by atoms with Crippen LogP contribution in [0.25, 0.3) is 6.08 Å². The van der Waals surface area contributed by atoms with Gasteiger partial charge in [0.15, 0.2) is 16.4 Å². The number of hydrogen-bond acceptors (Lipinski definition) is 7. The largest absolute Gasteiger partial charge is 0.496 e. The predicted octanol–water partition coefficient (Wildman–Crippen LogP) is 4.80. The summed E-state index contributed by atoms with van der Waals surface area (Å²) < 4.78 is 59.1. The number of ether oxygens (including phenoxy) is 3. The van der Waals surface area contributed by atoms with E-state index in [1.54, 1.807) is 38.1 Å². The minimum Gasteiger partial charge on any atom is -0.496 e. The minimum atomic E-state index is -0.867. The Morgan fingerprint density at radius 3 is 2.43 bits per heavy atom. The fourth-order valence-electron chi connectivity index (χ4n) is 4.65. The molecule has 1 aliphatic rings. The Bertz CT molecular complexity index is 1880. The van der Waals surface area contributed by atoms with Crippen molar-refractivity contribution < 1.29 is 32.2 Å². The van der Waals surface area contributed by atoms with Crippen molar-refractivity contribution in [2.24, 2.45) is 4.99 Å². The molecule has 0 amide bonds. The van der Waals surface area contributed by atoms with Crippen LogP contribution in [0, 0.1) is 17.5 Å². The highest BCUT2D eigenvalue weighted by Gasteiger charge is 2.33. The molecule has 0 saturated heterocycles. The van der Waals surface area contributed by atoms with Gasteiger partial charge in [-0.1, -0.05) is 29.5 Å². The number of methoxy groups -OCH3 is 1. The summed E-state index contributed by atoms with van der Waals surface area (Å²) in [5.41, 5.74) is 1.90. The van der Waals surface area contributed by atoms with Gasteiger partial charge < -0.3 is 14.2 Å². The highest BCUT2D eigenvalue weighted by molar-refractivity contribution is 7.07. The van der Waals surface area contributed by atoms with Crippen molar-refractivity contribution in [1.82, 2.24) is 4.57 Å². The quantitative estimate of drug-likeness (QED) is 0.274. The Labute approximate surface area is 242 Å². The van der Waals surface area contributed by atoms with Gasteiger partial charge in [0.1, 0.15) is 24.0 Å². The van der Waals surface area contributed by atoms with Crippen molar-refractivity contribution in [2.75, 3.05) is 13.7 Å². The predicted molar refractivity (Wildman–Crippen MR) is 150 cm³/mol. The van der Waals surface area contributed by atoms with Gasteiger partial charge in [0.05, 0.1) is 35.6 Å². The molecule has 0 saturated carbocycles. The number of allylic oxidation sites excluding steroid dienone is 1. The van der Waals surface area contributed by atoms with E-state index in [-0.39, 0.29) is 24.5 Å². The summed E-state index contributed by atoms with van der Waals surface area (Å²) in [7, 11) is 1.48. The highest BCUT2D eigenvalue weighted by Crippen LogP contribution is 2.31. The van der Waals surface area contributed by atoms with Crippen LogP contribution in [-0.2, 0) is 16.1 Å². The molecule has 5 rings (SSSR count). The summed E-state index contributed by atoms with van der Waals surface area (Å²) in [6, 6.07) is 12.9. The first-order valence-corrected chi connectivity index (χ1v) is 13.7. The van der Waals surface area contributed by atoms with Crippen LogP contribution in [0.15, 0.2) is 81.7 Å². The normalized spacial score (nSPS) is 14.8. The van der Waals surface area contributed by atoms with Crippen molar-refractivity contribution in [1.29, 1.82) is 0 Å². The SMILES string of the molecule is CCOC(=O)C1=C(C)N=c2sc(=Cc3ccc(OC)c(COc4ccc(F)cc4F)c3)c(=O)n2C1c1ccc(F)cc1. The number of nitrogens with zero attached hydrogens (tertiary/aromatic N) is 2. The number of hydrogen-bond donors (Lipinski definition) is 0. The lowest BCUT2D eigenvalue weighted by Gasteiger charge is -2.24. The molecule has 0 fully saturated rings. The minimum absolute atomic E-state index is 0.0820. The summed E-state index contributed by atoms with van der Waals surface area (Å²) in [5.74, 6) is -2.26. The third kappa shape index (κ3) is 5.73. The molecule has 1 aliphatic heterocycles. The van der Waals surface area contributed by atoms with Crippen molar-refractivity contribution >= 4 is 23.4 Å². The second kappa shape index (κ2) is 12.1. The topological polar surface area (TPSA) is 79.1 Å². The number of thiazole rings is 1. The van der Waals surface area contributed by atoms with Gasteiger partial charge in [0.25, 0.3) is 5.56 Å². The molecular weight excluding hydrogens is 569 g/mol. The van der Waals surface area contributed by atoms with E-state index in [2.05, 4.69) is 4.99 Å². The van der Waals surface area contributed by atoms with Crippen LogP contribution < -0.4 is 24.4 Å². The fraction of sp³-hybridized carbons (Fsp3) is 0.194. The average Bonchev–Trinajstić information content (AvgIpc) is 3.26. The van der Waals surface area contributed by atoms with E-state index in [1.165, 1.54) is 42.0 Å². The number of carbonyl (C=O) groups is 1. The third-order valence-corrected chi connectivity index (χ3v) is 7.57. The molecule has 1 atom stereocenters. The highest BCUT2D eigenvalue weighted by atomic mass is 32.1. The zero-order chi connectivity index (χ0) is 30.0. The van der Waals surface area contributed by atoms with Crippen LogP contribution in [0.5, 0.6) is 11.5 Å². The molecule has 7 nitrogen and oxygen atoms in total. The maximum Gasteiger partial charge on any atom is 0.338 e. The van der Waals surface area contributed by atoms with E-state index in [1.807, 2.05) is 0 Å². The molecule has 0 spiro atoms. The Morgan fingerprint density at radius 2 is 1.74 bits per heavy atom. The van der Waals surface area contributed by atoms with Crippen molar-refractivity contribution in [3.63, 3.8) is 0 Å². The van der Waals surface area contributed by atoms with E-state index >= 15 is 0 Å². The van der Waals surface area contributed by atoms with Crippen molar-refractivity contribution in [2.45, 2.75) is 26.5 Å². The lowest BCUT2D eigenvalue weighted by Crippen LogP contribution is -2.39. The van der Waals surface area contributed by atoms with Crippen LogP contribution in [0.1, 0.15) is 36.6 Å². The molecule has 0 aliphatic carbocycles. The molecule has 2 heterocycles. The first-order valence-electron chi connectivity index (χ1n) is 12.9. The summed E-state index contributed by atoms with van der Waals surface area (Å²) in [5, 5.41) is 0. The molecule has 0 N–H and O–H groups in total. The first kappa shape index (κ1) is 28.9. The molecule has 42 heavy (non-hydrogen) atoms. The molecule has 216 valence electrons. The van der Waals surface area contributed by atoms with Gasteiger partial charge in [-0.3, -0.25) is 9.36 Å². The second-order valence-corrected chi connectivity index (χ2v) is 10.3. The lowest BCUT2D eigenvalue weighted by atomic mass is 9.96. The molecule has 0 radical (unpaired) electrons. The zero-order valence-corrected chi connectivity index (χ0v) is 23.6. The van der Waals surface area contributed by atoms with Gasteiger partial charge in [-0.2, -0.15) is 0 Å². The van der Waals surface area contributed by atoms with E-state index in [4.69, 9.17) is 14.2 Å². The average molecular weight is 595 g/mol. The fourth-order valence-corrected chi connectivity index (χ4v) is 5.70. The van der Waals surface area contributed by atoms with Crippen LogP contribution in [-0.4, -0.2) is 24.3 Å². The maximum atomic E-state index is 14.1. The van der Waals surface area contributed by atoms with Gasteiger partial charge in [-0.25, -0.2) is 23.0 Å². The van der Waals surface area contributed by atoms with Crippen LogP contribution >= 0.6 is 11.3 Å². The smallest absolute Gasteiger partial charge is 0.338 e. The van der Waals surface area contributed by atoms with Gasteiger partial charge in [0.2, 0.25) is 0 Å². The maximum absolute atomic E-state index is 14.1. The molecule has 0 bridgehead atoms. The van der Waals surface area contributed by atoms with E-state index in [0.29, 0.717) is 37.5 Å². The van der Waals surface area contributed by atoms with E-state index in [0.717, 1.165) is 23.5 Å². The van der Waals surface area contributed by atoms with Gasteiger partial charge in [-0.05, 0) is 67.4 Å². The molecule has 3 aromatic carbocycles. The summed E-state index contributed by atoms with van der Waals surface area (Å²) in [6.45, 7) is 3.40. The number of aromatic nitrogens is 1. The Kier molecular flexibility index (Phi) is 8.30. The summed E-state index contributed by atoms with van der Waals surface area (Å²) >= 11 is 1.14. The Balaban J connectivity index is 1.57. The number of esters is 1. The van der Waals surface area contributed by atoms with Gasteiger partial charge in [0, 0.05) is 11.6 Å². The van der Waals surface area contributed by atoms with Gasteiger partial charge >= 0.3 is 5.97 Å². The Morgan fingerprint density at radius 1 is 1.02 bits per heavy atom. The molecule has 11 heteroatoms. The lowest BCUT2D eigenvalue weighted by molar-refractivity contribution is -0.139. The van der Waals surface area contributed by atoms with Crippen LogP contribution in [0.4, 0.5) is 13.2 Å². The van der Waals surface area contributed by atoms with Crippen molar-refractivity contribution in [3.05, 3.63) is 126 Å². The Hall–Kier alpha value is -4.64. The number of fused-ring (bicyclic) bond motifs is 1. The molecule has 1 aromatic heterocycles. The second-order valence-electron chi connectivity index (χ2n) is 9.29. The standard InChI is InChI=1S/C31H25F3N2O5S/c1-4-40-30(38)27-17(2)35-31-36(28(27)19-6-8-21(32)9-7-19)29(37)26(42-31)14-18-5-11-24(39-3)20(13-18)16-41-25-12-10-22(33)15-23(25)34/h5-15,28H,4,16H2,1-3H3. The van der Waals surface area contributed by atoms with Gasteiger partial charge in [-0.15, -0.1) is 0 Å². The summed E-state index contributed by atoms with van der Waals surface area (Å²) in [6.07, 6.45) is 1.66. The van der Waals surface area contributed by atoms with E-state index in [9.17, 15) is 22.8 Å². The third-order valence-electron chi connectivity index (χ3n) is 6.58. The van der Waals surface area contributed by atoms with Crippen LogP contribution in [0.3, 0.4) is 0 Å². The summed E-state index contributed by atoms with van der Waals surface area (Å²) in [4.78, 5) is 31.7. The monoisotopic (exact) mass is 594 g/mol. The van der Waals surface area contributed by atoms with E-state index < -0.39 is 35.0 Å². The molecule has 1 unspecified atom stereocenters. The number of halogens is 3. The molecule has 4 aromatic rings. The number of carbonyl (C=O) groups excluding carboxylic acids is 1.